The van der Waals surface area contributed by atoms with Gasteiger partial charge in [-0.1, -0.05) is 0 Å². The summed E-state index contributed by atoms with van der Waals surface area (Å²) in [4.78, 5) is 37.6. The molecule has 0 spiro atoms. The molecule has 0 amide bonds. The lowest BCUT2D eigenvalue weighted by Gasteiger charge is -2.18. The molecule has 1 unspecified atom stereocenters. The molecule has 0 aromatic carbocycles. The first-order chi connectivity index (χ1) is 12.2. The Kier molecular flexibility index (Phi) is 4.45. The van der Waals surface area contributed by atoms with E-state index in [0.29, 0.717) is 0 Å². The normalized spacial score (nSPS) is 27.5. The number of nitrogens with zero attached hydrogens (tertiary/aromatic N) is 2. The first kappa shape index (κ1) is 17.9. The summed E-state index contributed by atoms with van der Waals surface area (Å²) in [6, 6.07) is 1.19. The van der Waals surface area contributed by atoms with Crippen molar-refractivity contribution < 1.29 is 46.9 Å². The largest absolute Gasteiger partial charge is 0.509 e. The number of fused-ring (bicyclic) bond motifs is 1. The van der Waals surface area contributed by atoms with E-state index >= 15 is 0 Å². The zero-order chi connectivity index (χ0) is 19.1. The Hall–Kier alpha value is -2.87. The maximum atomic E-state index is 12.2. The average molecular weight is 381 g/mol. The molecule has 2 fully saturated rings. The van der Waals surface area contributed by atoms with E-state index in [9.17, 15) is 27.6 Å². The van der Waals surface area contributed by atoms with Crippen molar-refractivity contribution in [3.63, 3.8) is 0 Å². The quantitative estimate of drug-likeness (QED) is 0.539. The van der Waals surface area contributed by atoms with Crippen LogP contribution < -0.4 is 11.2 Å². The van der Waals surface area contributed by atoms with Crippen LogP contribution >= 0.6 is 0 Å². The van der Waals surface area contributed by atoms with E-state index in [1.165, 1.54) is 6.07 Å². The van der Waals surface area contributed by atoms with Crippen molar-refractivity contribution in [2.24, 2.45) is 0 Å². The Morgan fingerprint density at radius 1 is 1.35 bits per heavy atom. The number of esters is 1. The van der Waals surface area contributed by atoms with E-state index in [2.05, 4.69) is 9.72 Å². The maximum Gasteiger partial charge on any atom is 0.509 e. The fraction of sp³-hybridized carbons (Fsp3) is 0.500. The van der Waals surface area contributed by atoms with Crippen molar-refractivity contribution in [1.29, 1.82) is 0 Å². The number of hydrogen-bond donors (Lipinski definition) is 2. The van der Waals surface area contributed by atoms with Gasteiger partial charge < -0.3 is 18.9 Å². The lowest BCUT2D eigenvalue weighted by Crippen LogP contribution is -2.35. The van der Waals surface area contributed by atoms with Crippen molar-refractivity contribution in [3.8, 4) is 0 Å². The number of nitrogens with one attached hydrogen (secondary N) is 1. The van der Waals surface area contributed by atoms with E-state index in [-0.39, 0.29) is 5.82 Å². The van der Waals surface area contributed by atoms with E-state index < -0.39 is 55.1 Å². The Morgan fingerprint density at radius 3 is 2.65 bits per heavy atom. The molecule has 14 heteroatoms. The summed E-state index contributed by atoms with van der Waals surface area (Å²) in [5, 5.41) is 8.71. The second kappa shape index (κ2) is 6.45. The average Bonchev–Trinajstić information content (AvgIpc) is 3.09. The monoisotopic (exact) mass is 381 g/mol. The molecule has 3 heterocycles. The molecule has 11 nitrogen and oxygen atoms in total. The van der Waals surface area contributed by atoms with Crippen LogP contribution in [0.5, 0.6) is 0 Å². The molecule has 3 rings (SSSR count). The molecule has 1 aromatic rings. The van der Waals surface area contributed by atoms with Crippen molar-refractivity contribution >= 4 is 17.9 Å². The van der Waals surface area contributed by atoms with Crippen LogP contribution in [0.1, 0.15) is 6.23 Å². The number of carbonyl (C=O) groups is 2. The lowest BCUT2D eigenvalue weighted by molar-refractivity contribution is -0.204. The molecule has 0 radical (unpaired) electrons. The first-order valence-corrected chi connectivity index (χ1v) is 6.96. The van der Waals surface area contributed by atoms with Crippen LogP contribution in [0.25, 0.3) is 0 Å². The molecule has 142 valence electrons. The van der Waals surface area contributed by atoms with E-state index in [0.717, 1.165) is 10.8 Å². The van der Waals surface area contributed by atoms with Gasteiger partial charge in [-0.2, -0.15) is 18.2 Å². The van der Waals surface area contributed by atoms with Crippen LogP contribution in [0.3, 0.4) is 0 Å². The Balaban J connectivity index is 1.79. The van der Waals surface area contributed by atoms with Crippen LogP contribution in [-0.2, 0) is 23.7 Å². The summed E-state index contributed by atoms with van der Waals surface area (Å²) in [6.45, 7) is -0.884. The number of anilines is 1. The highest BCUT2D eigenvalue weighted by atomic mass is 19.4. The predicted molar refractivity (Wildman–Crippen MR) is 70.0 cm³/mol. The smallest absolute Gasteiger partial charge is 0.456 e. The summed E-state index contributed by atoms with van der Waals surface area (Å²) < 4.78 is 56.7. The van der Waals surface area contributed by atoms with E-state index in [1.54, 1.807) is 5.48 Å². The molecule has 0 aliphatic carbocycles. The van der Waals surface area contributed by atoms with Crippen LogP contribution in [0, 0.1) is 0 Å². The van der Waals surface area contributed by atoms with Crippen LogP contribution in [0.15, 0.2) is 17.1 Å². The van der Waals surface area contributed by atoms with Crippen LogP contribution in [-0.4, -0.2) is 58.0 Å². The summed E-state index contributed by atoms with van der Waals surface area (Å²) in [6.07, 6.45) is -10.1. The highest BCUT2D eigenvalue weighted by Gasteiger charge is 2.56. The number of halogens is 3. The van der Waals surface area contributed by atoms with Gasteiger partial charge in [-0.3, -0.25) is 15.3 Å². The molecule has 0 saturated carbocycles. The minimum Gasteiger partial charge on any atom is -0.456 e. The number of carbonyl (C=O) groups excluding carboxylic acids is 2. The van der Waals surface area contributed by atoms with Crippen molar-refractivity contribution in [2.75, 3.05) is 12.1 Å². The van der Waals surface area contributed by atoms with Gasteiger partial charge in [0.25, 0.3) is 0 Å². The number of ether oxygens (including phenoxy) is 4. The zero-order valence-corrected chi connectivity index (χ0v) is 12.5. The van der Waals surface area contributed by atoms with Gasteiger partial charge in [0.15, 0.2) is 24.3 Å². The topological polar surface area (TPSA) is 138 Å². The fourth-order valence-electron chi connectivity index (χ4n) is 2.49. The van der Waals surface area contributed by atoms with Gasteiger partial charge in [0.1, 0.15) is 12.7 Å². The molecular weight excluding hydrogens is 371 g/mol. The van der Waals surface area contributed by atoms with Crippen molar-refractivity contribution in [2.45, 2.75) is 30.7 Å². The first-order valence-electron chi connectivity index (χ1n) is 6.96. The van der Waals surface area contributed by atoms with Gasteiger partial charge in [0.05, 0.1) is 0 Å². The molecule has 0 bridgehead atoms. The molecule has 2 saturated heterocycles. The SMILES string of the molecule is O=C1O[C@@H]2[C@H](O1)C(COC(=O)C(F)(F)F)O[C@H]2n1ccc(NO)nc1=O. The molecule has 1 aromatic heterocycles. The molecule has 2 N–H and O–H groups in total. The molecule has 2 aliphatic heterocycles. The summed E-state index contributed by atoms with van der Waals surface area (Å²) in [5.41, 5.74) is 0.742. The van der Waals surface area contributed by atoms with Gasteiger partial charge in [-0.25, -0.2) is 14.4 Å². The minimum absolute atomic E-state index is 0.170. The maximum absolute atomic E-state index is 12.2. The van der Waals surface area contributed by atoms with Gasteiger partial charge in [0.2, 0.25) is 0 Å². The van der Waals surface area contributed by atoms with Crippen LogP contribution in [0.4, 0.5) is 23.8 Å². The second-order valence-corrected chi connectivity index (χ2v) is 5.19. The standard InChI is InChI=1S/C12H10F3N3O8/c13-12(14,15)9(19)23-3-4-6-7(26-11(21)25-6)8(24-4)18-2-1-5(17-22)16-10(18)20/h1-2,4,6-8,22H,3H2,(H,16,17,20)/t4?,6-,7-,8-/m1/s1. The van der Waals surface area contributed by atoms with Gasteiger partial charge >= 0.3 is 24.0 Å². The van der Waals surface area contributed by atoms with E-state index in [1.807, 2.05) is 0 Å². The van der Waals surface area contributed by atoms with Crippen molar-refractivity contribution in [3.05, 3.63) is 22.7 Å². The van der Waals surface area contributed by atoms with Gasteiger partial charge in [-0.05, 0) is 6.07 Å². The van der Waals surface area contributed by atoms with E-state index in [4.69, 9.17) is 19.4 Å². The third-order valence-corrected chi connectivity index (χ3v) is 3.58. The number of aromatic nitrogens is 2. The van der Waals surface area contributed by atoms with Gasteiger partial charge in [0, 0.05) is 6.20 Å². The number of rotatable bonds is 4. The highest BCUT2D eigenvalue weighted by Crippen LogP contribution is 2.37. The van der Waals surface area contributed by atoms with Crippen LogP contribution in [0.2, 0.25) is 0 Å². The highest BCUT2D eigenvalue weighted by molar-refractivity contribution is 5.75. The number of alkyl halides is 3. The summed E-state index contributed by atoms with van der Waals surface area (Å²) >= 11 is 0. The second-order valence-electron chi connectivity index (χ2n) is 5.19. The third kappa shape index (κ3) is 3.28. The third-order valence-electron chi connectivity index (χ3n) is 3.58. The summed E-state index contributed by atoms with van der Waals surface area (Å²) in [7, 11) is 0. The Morgan fingerprint density at radius 2 is 2.04 bits per heavy atom. The van der Waals surface area contributed by atoms with Crippen molar-refractivity contribution in [1.82, 2.24) is 9.55 Å². The number of hydrogen-bond acceptors (Lipinski definition) is 10. The lowest BCUT2D eigenvalue weighted by atomic mass is 10.1. The minimum atomic E-state index is -5.20. The molecule has 2 aliphatic rings. The Bertz CT molecular complexity index is 782. The molecule has 26 heavy (non-hydrogen) atoms. The van der Waals surface area contributed by atoms with Gasteiger partial charge in [-0.15, -0.1) is 0 Å². The summed E-state index contributed by atoms with van der Waals surface area (Å²) in [5.74, 6) is -2.61. The zero-order valence-electron chi connectivity index (χ0n) is 12.5. The Labute approximate surface area is 141 Å². The fourth-order valence-corrected chi connectivity index (χ4v) is 2.49. The molecular formula is C12H10F3N3O8. The molecule has 4 atom stereocenters. The predicted octanol–water partition coefficient (Wildman–Crippen LogP) is -0.0487.